The molecule has 4 nitrogen and oxygen atoms in total. The van der Waals surface area contributed by atoms with Gasteiger partial charge in [0.2, 0.25) is 0 Å². The molecule has 0 spiro atoms. The lowest BCUT2D eigenvalue weighted by Gasteiger charge is -2.12. The highest BCUT2D eigenvalue weighted by atomic mass is 19.4. The van der Waals surface area contributed by atoms with Crippen LogP contribution in [0.1, 0.15) is 21.7 Å². The van der Waals surface area contributed by atoms with Crippen molar-refractivity contribution in [3.05, 3.63) is 23.0 Å². The smallest absolute Gasteiger partial charge is 0.396 e. The molecule has 1 heterocycles. The summed E-state index contributed by atoms with van der Waals surface area (Å²) in [5, 5.41) is 0. The van der Waals surface area contributed by atoms with Gasteiger partial charge in [-0.05, 0) is 13.0 Å². The highest BCUT2D eigenvalue weighted by molar-refractivity contribution is 5.96. The minimum Gasteiger partial charge on any atom is -0.396 e. The second-order valence-corrected chi connectivity index (χ2v) is 2.94. The molecule has 0 aliphatic rings. The number of halogens is 3. The number of hydrogen-bond donors (Lipinski definition) is 2. The van der Waals surface area contributed by atoms with Crippen LogP contribution in [0.2, 0.25) is 0 Å². The molecule has 0 aromatic carbocycles. The Morgan fingerprint density at radius 2 is 2.00 bits per heavy atom. The number of aryl methyl sites for hydroxylation is 1. The summed E-state index contributed by atoms with van der Waals surface area (Å²) in [6, 6.07) is 0.766. The molecule has 7 heteroatoms. The number of anilines is 1. The van der Waals surface area contributed by atoms with Crippen LogP contribution in [-0.4, -0.2) is 10.9 Å². The van der Waals surface area contributed by atoms with E-state index in [1.54, 1.807) is 0 Å². The van der Waals surface area contributed by atoms with Crippen LogP contribution in [-0.2, 0) is 6.18 Å². The highest BCUT2D eigenvalue weighted by Crippen LogP contribution is 2.34. The van der Waals surface area contributed by atoms with Crippen molar-refractivity contribution in [2.75, 3.05) is 5.73 Å². The number of carbonyl (C=O) groups is 1. The van der Waals surface area contributed by atoms with Crippen molar-refractivity contribution in [2.45, 2.75) is 13.1 Å². The molecule has 0 aliphatic heterocycles. The Balaban J connectivity index is 3.49. The Hall–Kier alpha value is -1.79. The fourth-order valence-corrected chi connectivity index (χ4v) is 1.11. The third kappa shape index (κ3) is 2.17. The van der Waals surface area contributed by atoms with Gasteiger partial charge >= 0.3 is 6.18 Å². The lowest BCUT2D eigenvalue weighted by atomic mass is 10.1. The topological polar surface area (TPSA) is 82.0 Å². The third-order valence-electron chi connectivity index (χ3n) is 1.73. The molecule has 4 N–H and O–H groups in total. The zero-order chi connectivity index (χ0) is 11.8. The van der Waals surface area contributed by atoms with E-state index < -0.39 is 29.0 Å². The summed E-state index contributed by atoms with van der Waals surface area (Å²) in [7, 11) is 0. The standard InChI is InChI=1S/C8H8F3N3O/c1-3-2-4(8(9,10)11)5(12)6(14-3)7(13)15/h2H,12H2,1H3,(H2,13,15). The first-order valence-electron chi connectivity index (χ1n) is 3.87. The number of carbonyl (C=O) groups excluding carboxylic acids is 1. The van der Waals surface area contributed by atoms with Gasteiger partial charge in [-0.2, -0.15) is 13.2 Å². The number of amides is 1. The van der Waals surface area contributed by atoms with E-state index >= 15 is 0 Å². The van der Waals surface area contributed by atoms with E-state index in [-0.39, 0.29) is 5.69 Å². The summed E-state index contributed by atoms with van der Waals surface area (Å²) in [6.45, 7) is 1.32. The number of alkyl halides is 3. The van der Waals surface area contributed by atoms with E-state index in [0.717, 1.165) is 6.07 Å². The quantitative estimate of drug-likeness (QED) is 0.741. The monoisotopic (exact) mass is 219 g/mol. The van der Waals surface area contributed by atoms with Crippen LogP contribution in [0.4, 0.5) is 18.9 Å². The van der Waals surface area contributed by atoms with E-state index in [1.807, 2.05) is 0 Å². The van der Waals surface area contributed by atoms with Gasteiger partial charge in [-0.3, -0.25) is 4.79 Å². The molecule has 0 atom stereocenters. The average molecular weight is 219 g/mol. The lowest BCUT2D eigenvalue weighted by molar-refractivity contribution is -0.137. The molecule has 0 saturated carbocycles. The number of pyridine rings is 1. The number of aromatic nitrogens is 1. The summed E-state index contributed by atoms with van der Waals surface area (Å²) < 4.78 is 37.2. The largest absolute Gasteiger partial charge is 0.418 e. The summed E-state index contributed by atoms with van der Waals surface area (Å²) >= 11 is 0. The van der Waals surface area contributed by atoms with E-state index in [1.165, 1.54) is 6.92 Å². The van der Waals surface area contributed by atoms with E-state index in [4.69, 9.17) is 11.5 Å². The summed E-state index contributed by atoms with van der Waals surface area (Å²) in [5.41, 5.74) is 7.65. The zero-order valence-electron chi connectivity index (χ0n) is 7.72. The van der Waals surface area contributed by atoms with Crippen molar-refractivity contribution in [1.29, 1.82) is 0 Å². The van der Waals surface area contributed by atoms with Crippen molar-refractivity contribution in [3.63, 3.8) is 0 Å². The second kappa shape index (κ2) is 3.41. The number of primary amides is 1. The Labute approximate surface area is 83.1 Å². The molecule has 1 rings (SSSR count). The minimum atomic E-state index is -4.62. The molecule has 0 aliphatic carbocycles. The van der Waals surface area contributed by atoms with Crippen LogP contribution in [0.5, 0.6) is 0 Å². The second-order valence-electron chi connectivity index (χ2n) is 2.94. The Kier molecular flexibility index (Phi) is 2.57. The fraction of sp³-hybridized carbons (Fsp3) is 0.250. The van der Waals surface area contributed by atoms with Crippen molar-refractivity contribution in [2.24, 2.45) is 5.73 Å². The normalized spacial score (nSPS) is 11.5. The molecule has 0 bridgehead atoms. The Morgan fingerprint density at radius 3 is 2.40 bits per heavy atom. The van der Waals surface area contributed by atoms with Crippen LogP contribution in [0.15, 0.2) is 6.07 Å². The first-order chi connectivity index (χ1) is 6.73. The third-order valence-corrected chi connectivity index (χ3v) is 1.73. The summed E-state index contributed by atoms with van der Waals surface area (Å²) in [6.07, 6.45) is -4.62. The molecule has 82 valence electrons. The maximum atomic E-state index is 12.4. The molecule has 0 radical (unpaired) electrons. The van der Waals surface area contributed by atoms with Gasteiger partial charge in [0.1, 0.15) is 0 Å². The van der Waals surface area contributed by atoms with E-state index in [0.29, 0.717) is 0 Å². The first kappa shape index (κ1) is 11.3. The number of nitrogens with two attached hydrogens (primary N) is 2. The molecule has 1 aromatic rings. The van der Waals surface area contributed by atoms with Crippen LogP contribution >= 0.6 is 0 Å². The molecule has 0 saturated heterocycles. The molecular weight excluding hydrogens is 211 g/mol. The summed E-state index contributed by atoms with van der Waals surface area (Å²) in [5.74, 6) is -1.08. The molecule has 0 unspecified atom stereocenters. The van der Waals surface area contributed by atoms with Crippen molar-refractivity contribution < 1.29 is 18.0 Å². The van der Waals surface area contributed by atoms with Crippen molar-refractivity contribution in [3.8, 4) is 0 Å². The zero-order valence-corrected chi connectivity index (χ0v) is 7.72. The number of rotatable bonds is 1. The van der Waals surface area contributed by atoms with E-state index in [2.05, 4.69) is 4.98 Å². The predicted molar refractivity (Wildman–Crippen MR) is 46.9 cm³/mol. The highest BCUT2D eigenvalue weighted by Gasteiger charge is 2.35. The van der Waals surface area contributed by atoms with Gasteiger partial charge in [0.15, 0.2) is 5.69 Å². The predicted octanol–water partition coefficient (Wildman–Crippen LogP) is 1.09. The lowest BCUT2D eigenvalue weighted by Crippen LogP contribution is -2.20. The average Bonchev–Trinajstić information content (AvgIpc) is 2.06. The molecule has 1 aromatic heterocycles. The van der Waals surface area contributed by atoms with Gasteiger partial charge in [0, 0.05) is 5.69 Å². The number of nitrogens with zero attached hydrogens (tertiary/aromatic N) is 1. The van der Waals surface area contributed by atoms with Gasteiger partial charge in [-0.25, -0.2) is 4.98 Å². The van der Waals surface area contributed by atoms with E-state index in [9.17, 15) is 18.0 Å². The van der Waals surface area contributed by atoms with Gasteiger partial charge in [-0.1, -0.05) is 0 Å². The van der Waals surface area contributed by atoms with Crippen LogP contribution < -0.4 is 11.5 Å². The maximum Gasteiger partial charge on any atom is 0.418 e. The maximum absolute atomic E-state index is 12.4. The first-order valence-corrected chi connectivity index (χ1v) is 3.87. The molecule has 15 heavy (non-hydrogen) atoms. The van der Waals surface area contributed by atoms with Crippen LogP contribution in [0.3, 0.4) is 0 Å². The van der Waals surface area contributed by atoms with Gasteiger partial charge in [0.25, 0.3) is 5.91 Å². The molecular formula is C8H8F3N3O. The SMILES string of the molecule is Cc1cc(C(F)(F)F)c(N)c(C(N)=O)n1. The van der Waals surface area contributed by atoms with Gasteiger partial charge in [-0.15, -0.1) is 0 Å². The molecule has 0 fully saturated rings. The summed E-state index contributed by atoms with van der Waals surface area (Å²) in [4.78, 5) is 14.3. The van der Waals surface area contributed by atoms with Crippen LogP contribution in [0.25, 0.3) is 0 Å². The number of hydrogen-bond acceptors (Lipinski definition) is 3. The minimum absolute atomic E-state index is 0.0327. The van der Waals surface area contributed by atoms with Gasteiger partial charge < -0.3 is 11.5 Å². The Morgan fingerprint density at radius 1 is 1.47 bits per heavy atom. The van der Waals surface area contributed by atoms with Crippen molar-refractivity contribution in [1.82, 2.24) is 4.98 Å². The van der Waals surface area contributed by atoms with Crippen molar-refractivity contribution >= 4 is 11.6 Å². The van der Waals surface area contributed by atoms with Gasteiger partial charge in [0.05, 0.1) is 11.3 Å². The van der Waals surface area contributed by atoms with Crippen LogP contribution in [0, 0.1) is 6.92 Å². The Bertz CT molecular complexity index is 414. The molecule has 1 amide bonds. The number of nitrogen functional groups attached to an aromatic ring is 1. The fourth-order valence-electron chi connectivity index (χ4n) is 1.11.